The molecule has 2 rings (SSSR count). The van der Waals surface area contributed by atoms with E-state index in [0.717, 1.165) is 22.7 Å². The highest BCUT2D eigenvalue weighted by atomic mass is 32.1. The van der Waals surface area contributed by atoms with Gasteiger partial charge < -0.3 is 0 Å². The Balaban J connectivity index is 2.06. The number of carbonyl (C=O) groups excluding carboxylic acids is 1. The van der Waals surface area contributed by atoms with Crippen molar-refractivity contribution in [2.24, 2.45) is 0 Å². The summed E-state index contributed by atoms with van der Waals surface area (Å²) in [5.41, 5.74) is 3.59. The van der Waals surface area contributed by atoms with E-state index in [4.69, 9.17) is 4.98 Å². The molecule has 0 fully saturated rings. The third kappa shape index (κ3) is 4.01. The monoisotopic (exact) mass is 287 g/mol. The van der Waals surface area contributed by atoms with Gasteiger partial charge in [0, 0.05) is 23.6 Å². The minimum absolute atomic E-state index is 0.111. The van der Waals surface area contributed by atoms with Crippen LogP contribution in [0.15, 0.2) is 29.6 Å². The Bertz CT molecular complexity index is 590. The molecule has 20 heavy (non-hydrogen) atoms. The number of hydrogen-bond donors (Lipinski definition) is 0. The van der Waals surface area contributed by atoms with Gasteiger partial charge in [-0.05, 0) is 18.1 Å². The first kappa shape index (κ1) is 14.9. The quantitative estimate of drug-likeness (QED) is 0.845. The van der Waals surface area contributed by atoms with Crippen molar-refractivity contribution in [2.45, 2.75) is 46.0 Å². The summed E-state index contributed by atoms with van der Waals surface area (Å²) in [5, 5.41) is 3.30. The van der Waals surface area contributed by atoms with Gasteiger partial charge in [0.1, 0.15) is 5.78 Å². The predicted octanol–water partition coefficient (Wildman–Crippen LogP) is 4.16. The zero-order chi connectivity index (χ0) is 14.8. The second-order valence-electron chi connectivity index (χ2n) is 6.25. The summed E-state index contributed by atoms with van der Waals surface area (Å²) in [6.45, 7) is 8.17. The molecule has 3 heteroatoms. The fraction of sp³-hybridized carbons (Fsp3) is 0.412. The molecule has 2 nitrogen and oxygen atoms in total. The number of Topliss-reactive ketones (excluding diaryl/α,β-unsaturated/α-hetero) is 1. The van der Waals surface area contributed by atoms with Crippen molar-refractivity contribution in [1.82, 2.24) is 4.98 Å². The van der Waals surface area contributed by atoms with Crippen molar-refractivity contribution in [2.75, 3.05) is 0 Å². The lowest BCUT2D eigenvalue weighted by molar-refractivity contribution is -0.116. The van der Waals surface area contributed by atoms with Crippen molar-refractivity contribution < 1.29 is 4.79 Å². The molecule has 0 amide bonds. The van der Waals surface area contributed by atoms with E-state index in [1.165, 1.54) is 5.56 Å². The summed E-state index contributed by atoms with van der Waals surface area (Å²) in [5.74, 6) is 0.201. The molecule has 0 spiro atoms. The minimum Gasteiger partial charge on any atom is -0.300 e. The molecular weight excluding hydrogens is 266 g/mol. The summed E-state index contributed by atoms with van der Waals surface area (Å²) >= 11 is 1.72. The van der Waals surface area contributed by atoms with E-state index in [1.54, 1.807) is 18.3 Å². The maximum atomic E-state index is 11.1. The summed E-state index contributed by atoms with van der Waals surface area (Å²) in [4.78, 5) is 15.8. The van der Waals surface area contributed by atoms with Gasteiger partial charge in [-0.1, -0.05) is 45.0 Å². The molecule has 1 aromatic heterocycles. The average molecular weight is 287 g/mol. The second-order valence-corrected chi connectivity index (χ2v) is 7.19. The number of nitrogens with zero attached hydrogens (tertiary/aromatic N) is 1. The van der Waals surface area contributed by atoms with Crippen molar-refractivity contribution in [3.8, 4) is 0 Å². The minimum atomic E-state index is 0.111. The van der Waals surface area contributed by atoms with Crippen molar-refractivity contribution in [3.05, 3.63) is 51.5 Å². The molecule has 0 N–H and O–H groups in total. The van der Waals surface area contributed by atoms with Gasteiger partial charge in [-0.15, -0.1) is 11.3 Å². The SMILES string of the molecule is CC(=O)Cc1ccc(Cc2nc(C(C)(C)C)cs2)cc1. The van der Waals surface area contributed by atoms with E-state index < -0.39 is 0 Å². The largest absolute Gasteiger partial charge is 0.300 e. The highest BCUT2D eigenvalue weighted by Crippen LogP contribution is 2.25. The standard InChI is InChI=1S/C17H21NOS/c1-12(19)9-13-5-7-14(8-6-13)10-16-18-15(11-20-16)17(2,3)4/h5-8,11H,9-10H2,1-4H3. The van der Waals surface area contributed by atoms with Crippen molar-refractivity contribution in [3.63, 3.8) is 0 Å². The van der Waals surface area contributed by atoms with Gasteiger partial charge >= 0.3 is 0 Å². The molecule has 0 aliphatic carbocycles. The van der Waals surface area contributed by atoms with Crippen LogP contribution in [0, 0.1) is 0 Å². The maximum Gasteiger partial charge on any atom is 0.134 e. The van der Waals surface area contributed by atoms with Gasteiger partial charge in [0.15, 0.2) is 0 Å². The van der Waals surface area contributed by atoms with E-state index in [9.17, 15) is 4.79 Å². The zero-order valence-corrected chi connectivity index (χ0v) is 13.4. The van der Waals surface area contributed by atoms with Crippen LogP contribution in [0.3, 0.4) is 0 Å². The third-order valence-electron chi connectivity index (χ3n) is 3.15. The average Bonchev–Trinajstić information content (AvgIpc) is 2.79. The number of rotatable bonds is 4. The van der Waals surface area contributed by atoms with Gasteiger partial charge in [0.05, 0.1) is 10.7 Å². The summed E-state index contributed by atoms with van der Waals surface area (Å²) in [6, 6.07) is 8.26. The summed E-state index contributed by atoms with van der Waals surface area (Å²) in [6.07, 6.45) is 1.38. The number of aromatic nitrogens is 1. The van der Waals surface area contributed by atoms with Crippen LogP contribution in [0.5, 0.6) is 0 Å². The van der Waals surface area contributed by atoms with Crippen LogP contribution in [0.25, 0.3) is 0 Å². The Morgan fingerprint density at radius 3 is 2.25 bits per heavy atom. The Hall–Kier alpha value is -1.48. The number of benzene rings is 1. The number of thiazole rings is 1. The van der Waals surface area contributed by atoms with Gasteiger partial charge in [0.2, 0.25) is 0 Å². The van der Waals surface area contributed by atoms with E-state index in [-0.39, 0.29) is 11.2 Å². The molecule has 0 aliphatic rings. The highest BCUT2D eigenvalue weighted by molar-refractivity contribution is 7.09. The molecule has 0 unspecified atom stereocenters. The van der Waals surface area contributed by atoms with Gasteiger partial charge in [-0.3, -0.25) is 4.79 Å². The van der Waals surface area contributed by atoms with Crippen molar-refractivity contribution >= 4 is 17.1 Å². The van der Waals surface area contributed by atoms with E-state index in [0.29, 0.717) is 6.42 Å². The zero-order valence-electron chi connectivity index (χ0n) is 12.6. The lowest BCUT2D eigenvalue weighted by Crippen LogP contribution is -2.11. The van der Waals surface area contributed by atoms with E-state index >= 15 is 0 Å². The van der Waals surface area contributed by atoms with Crippen LogP contribution in [-0.2, 0) is 23.1 Å². The molecule has 0 radical (unpaired) electrons. The second kappa shape index (κ2) is 5.88. The smallest absolute Gasteiger partial charge is 0.134 e. The Morgan fingerprint density at radius 2 is 1.75 bits per heavy atom. The van der Waals surface area contributed by atoms with Crippen LogP contribution in [-0.4, -0.2) is 10.8 Å². The Labute approximate surface area is 124 Å². The lowest BCUT2D eigenvalue weighted by Gasteiger charge is -2.14. The van der Waals surface area contributed by atoms with Gasteiger partial charge in [-0.2, -0.15) is 0 Å². The molecule has 0 atom stereocenters. The summed E-state index contributed by atoms with van der Waals surface area (Å²) in [7, 11) is 0. The first-order chi connectivity index (χ1) is 9.34. The predicted molar refractivity (Wildman–Crippen MR) is 84.4 cm³/mol. The maximum absolute atomic E-state index is 11.1. The van der Waals surface area contributed by atoms with Crippen LogP contribution in [0.4, 0.5) is 0 Å². The normalized spacial score (nSPS) is 11.6. The molecular formula is C17H21NOS. The molecule has 106 valence electrons. The Morgan fingerprint density at radius 1 is 1.15 bits per heavy atom. The van der Waals surface area contributed by atoms with Crippen LogP contribution in [0.1, 0.15) is 49.5 Å². The fourth-order valence-corrected chi connectivity index (χ4v) is 3.03. The fourth-order valence-electron chi connectivity index (χ4n) is 1.97. The molecule has 0 bridgehead atoms. The van der Waals surface area contributed by atoms with Gasteiger partial charge in [-0.25, -0.2) is 4.98 Å². The van der Waals surface area contributed by atoms with Crippen LogP contribution < -0.4 is 0 Å². The topological polar surface area (TPSA) is 30.0 Å². The van der Waals surface area contributed by atoms with E-state index in [1.807, 2.05) is 12.1 Å². The van der Waals surface area contributed by atoms with Gasteiger partial charge in [0.25, 0.3) is 0 Å². The van der Waals surface area contributed by atoms with Crippen LogP contribution in [0.2, 0.25) is 0 Å². The molecule has 1 aromatic carbocycles. The van der Waals surface area contributed by atoms with E-state index in [2.05, 4.69) is 38.3 Å². The third-order valence-corrected chi connectivity index (χ3v) is 4.00. The molecule has 1 heterocycles. The first-order valence-electron chi connectivity index (χ1n) is 6.87. The number of hydrogen-bond acceptors (Lipinski definition) is 3. The number of ketones is 1. The van der Waals surface area contributed by atoms with Crippen LogP contribution >= 0.6 is 11.3 Å². The molecule has 0 saturated carbocycles. The number of carbonyl (C=O) groups is 1. The summed E-state index contributed by atoms with van der Waals surface area (Å²) < 4.78 is 0. The Kier molecular flexibility index (Phi) is 4.39. The highest BCUT2D eigenvalue weighted by Gasteiger charge is 2.17. The van der Waals surface area contributed by atoms with Crippen molar-refractivity contribution in [1.29, 1.82) is 0 Å². The molecule has 0 aliphatic heterocycles. The molecule has 0 saturated heterocycles. The first-order valence-corrected chi connectivity index (χ1v) is 7.75. The molecule has 2 aromatic rings. The lowest BCUT2D eigenvalue weighted by atomic mass is 9.93.